The maximum Gasteiger partial charge on any atom is 0.314 e. The summed E-state index contributed by atoms with van der Waals surface area (Å²) in [5, 5.41) is 2.33. The van der Waals surface area contributed by atoms with Crippen molar-refractivity contribution in [2.75, 3.05) is 11.1 Å². The van der Waals surface area contributed by atoms with Crippen LogP contribution in [0.15, 0.2) is 29.2 Å². The molecule has 1 radical (unpaired) electrons. The number of hydrogen-bond donors (Lipinski definition) is 1. The first-order chi connectivity index (χ1) is 7.60. The molecule has 0 fully saturated rings. The average Bonchev–Trinajstić information content (AvgIpc) is 2.28. The fourth-order valence-corrected chi connectivity index (χ4v) is 2.71. The van der Waals surface area contributed by atoms with Gasteiger partial charge in [-0.2, -0.15) is 0 Å². The van der Waals surface area contributed by atoms with E-state index in [-0.39, 0.29) is 10.6 Å². The van der Waals surface area contributed by atoms with E-state index in [1.165, 1.54) is 18.5 Å². The molecule has 4 nitrogen and oxygen atoms in total. The second-order valence-electron chi connectivity index (χ2n) is 3.42. The summed E-state index contributed by atoms with van der Waals surface area (Å²) < 4.78 is 23.5. The van der Waals surface area contributed by atoms with Crippen LogP contribution < -0.4 is 5.32 Å². The molecule has 0 aromatic heterocycles. The van der Waals surface area contributed by atoms with Crippen LogP contribution >= 0.6 is 0 Å². The SMILES string of the molecule is CCCCS(=O)(=O)c1ccc(N[C]=O)cc1. The quantitative estimate of drug-likeness (QED) is 0.770. The molecule has 0 bridgehead atoms. The van der Waals surface area contributed by atoms with E-state index in [9.17, 15) is 13.2 Å². The number of anilines is 1. The van der Waals surface area contributed by atoms with Gasteiger partial charge in [-0.15, -0.1) is 0 Å². The fourth-order valence-electron chi connectivity index (χ4n) is 1.26. The Morgan fingerprint density at radius 1 is 1.25 bits per heavy atom. The minimum absolute atomic E-state index is 0.163. The Labute approximate surface area is 95.6 Å². The number of carbonyl (C=O) groups excluding carboxylic acids is 1. The van der Waals surface area contributed by atoms with Crippen molar-refractivity contribution >= 4 is 21.9 Å². The highest BCUT2D eigenvalue weighted by Gasteiger charge is 2.12. The summed E-state index contributed by atoms with van der Waals surface area (Å²) in [7, 11) is -3.18. The van der Waals surface area contributed by atoms with Gasteiger partial charge in [0.25, 0.3) is 0 Å². The summed E-state index contributed by atoms with van der Waals surface area (Å²) in [5.41, 5.74) is 0.532. The van der Waals surface area contributed by atoms with Crippen LogP contribution in [0.4, 0.5) is 5.69 Å². The number of rotatable bonds is 6. The number of amides is 1. The highest BCUT2D eigenvalue weighted by molar-refractivity contribution is 7.91. The zero-order valence-electron chi connectivity index (χ0n) is 9.06. The summed E-state index contributed by atoms with van der Waals surface area (Å²) >= 11 is 0. The molecule has 1 aromatic carbocycles. The summed E-state index contributed by atoms with van der Waals surface area (Å²) in [6.07, 6.45) is 3.03. The maximum absolute atomic E-state index is 11.8. The minimum atomic E-state index is -3.18. The number of sulfone groups is 1. The summed E-state index contributed by atoms with van der Waals surface area (Å²) in [4.78, 5) is 10.3. The van der Waals surface area contributed by atoms with Gasteiger partial charge in [0.05, 0.1) is 10.6 Å². The largest absolute Gasteiger partial charge is 0.318 e. The molecule has 1 N–H and O–H groups in total. The van der Waals surface area contributed by atoms with Crippen molar-refractivity contribution in [2.24, 2.45) is 0 Å². The molecule has 0 saturated heterocycles. The molecule has 0 unspecified atom stereocenters. The van der Waals surface area contributed by atoms with Crippen molar-refractivity contribution in [2.45, 2.75) is 24.7 Å². The maximum atomic E-state index is 11.8. The van der Waals surface area contributed by atoms with Gasteiger partial charge in [-0.1, -0.05) is 13.3 Å². The van der Waals surface area contributed by atoms with Crippen molar-refractivity contribution in [3.8, 4) is 0 Å². The number of benzene rings is 1. The number of hydrogen-bond acceptors (Lipinski definition) is 3. The lowest BCUT2D eigenvalue weighted by molar-refractivity contribution is 0.561. The van der Waals surface area contributed by atoms with Gasteiger partial charge in [0.2, 0.25) is 0 Å². The molecule has 87 valence electrons. The van der Waals surface area contributed by atoms with E-state index in [1.54, 1.807) is 12.1 Å². The van der Waals surface area contributed by atoms with Crippen LogP contribution in [-0.2, 0) is 14.6 Å². The molecule has 1 aromatic rings. The van der Waals surface area contributed by atoms with E-state index in [2.05, 4.69) is 5.32 Å². The Balaban J connectivity index is 2.84. The standard InChI is InChI=1S/C11H14NO3S/c1-2-3-8-16(14,15)11-6-4-10(5-7-11)12-9-13/h4-7H,2-3,8H2,1H3,(H,12,13). The molecule has 5 heteroatoms. The third kappa shape index (κ3) is 3.34. The first-order valence-corrected chi connectivity index (χ1v) is 6.71. The average molecular weight is 240 g/mol. The van der Waals surface area contributed by atoms with Crippen LogP contribution in [0.25, 0.3) is 0 Å². The van der Waals surface area contributed by atoms with Crippen LogP contribution in [-0.4, -0.2) is 20.6 Å². The van der Waals surface area contributed by atoms with Gasteiger partial charge in [-0.05, 0) is 30.7 Å². The second-order valence-corrected chi connectivity index (χ2v) is 5.53. The number of unbranched alkanes of at least 4 members (excludes halogenated alkanes) is 1. The van der Waals surface area contributed by atoms with Gasteiger partial charge in [-0.25, -0.2) is 8.42 Å². The van der Waals surface area contributed by atoms with E-state index in [1.807, 2.05) is 6.92 Å². The first kappa shape index (κ1) is 12.7. The number of nitrogens with one attached hydrogen (secondary N) is 1. The van der Waals surface area contributed by atoms with Gasteiger partial charge in [0, 0.05) is 5.69 Å². The Hall–Kier alpha value is -1.36. The van der Waals surface area contributed by atoms with E-state index in [0.717, 1.165) is 6.42 Å². The molecule has 0 aliphatic heterocycles. The van der Waals surface area contributed by atoms with E-state index < -0.39 is 9.84 Å². The molecule has 16 heavy (non-hydrogen) atoms. The lowest BCUT2D eigenvalue weighted by Crippen LogP contribution is -2.06. The molecule has 0 saturated carbocycles. The Morgan fingerprint density at radius 2 is 1.88 bits per heavy atom. The highest BCUT2D eigenvalue weighted by Crippen LogP contribution is 2.15. The van der Waals surface area contributed by atoms with Crippen LogP contribution in [0, 0.1) is 0 Å². The Kier molecular flexibility index (Phi) is 4.49. The molecule has 1 amide bonds. The molecule has 0 aliphatic rings. The second kappa shape index (κ2) is 5.65. The van der Waals surface area contributed by atoms with Crippen molar-refractivity contribution in [1.29, 1.82) is 0 Å². The zero-order chi connectivity index (χ0) is 12.0. The summed E-state index contributed by atoms with van der Waals surface area (Å²) in [5.74, 6) is 0.163. The topological polar surface area (TPSA) is 63.2 Å². The molecular formula is C11H14NO3S. The van der Waals surface area contributed by atoms with Gasteiger partial charge in [0.15, 0.2) is 9.84 Å². The summed E-state index contributed by atoms with van der Waals surface area (Å²) in [6, 6.07) is 6.07. The normalized spacial score (nSPS) is 11.1. The summed E-state index contributed by atoms with van der Waals surface area (Å²) in [6.45, 7) is 1.95. The molecule has 0 atom stereocenters. The third-order valence-electron chi connectivity index (χ3n) is 2.18. The van der Waals surface area contributed by atoms with Crippen molar-refractivity contribution in [3.05, 3.63) is 24.3 Å². The van der Waals surface area contributed by atoms with Crippen molar-refractivity contribution in [1.82, 2.24) is 0 Å². The monoisotopic (exact) mass is 240 g/mol. The van der Waals surface area contributed by atoms with Crippen molar-refractivity contribution < 1.29 is 13.2 Å². The van der Waals surface area contributed by atoms with Crippen LogP contribution in [0.1, 0.15) is 19.8 Å². The van der Waals surface area contributed by atoms with Gasteiger partial charge in [0.1, 0.15) is 0 Å². The smallest absolute Gasteiger partial charge is 0.314 e. The minimum Gasteiger partial charge on any atom is -0.318 e. The molecule has 0 spiro atoms. The van der Waals surface area contributed by atoms with Gasteiger partial charge >= 0.3 is 6.41 Å². The lowest BCUT2D eigenvalue weighted by Gasteiger charge is -2.04. The zero-order valence-corrected chi connectivity index (χ0v) is 9.88. The fraction of sp³-hybridized carbons (Fsp3) is 0.364. The van der Waals surface area contributed by atoms with Crippen LogP contribution in [0.5, 0.6) is 0 Å². The first-order valence-electron chi connectivity index (χ1n) is 5.06. The Morgan fingerprint density at radius 3 is 2.38 bits per heavy atom. The van der Waals surface area contributed by atoms with E-state index >= 15 is 0 Å². The van der Waals surface area contributed by atoms with E-state index in [0.29, 0.717) is 12.1 Å². The predicted molar refractivity (Wildman–Crippen MR) is 62.7 cm³/mol. The molecule has 0 heterocycles. The molecule has 1 rings (SSSR count). The van der Waals surface area contributed by atoms with Gasteiger partial charge < -0.3 is 5.32 Å². The molecular weight excluding hydrogens is 226 g/mol. The molecule has 0 aliphatic carbocycles. The third-order valence-corrected chi connectivity index (χ3v) is 3.99. The predicted octanol–water partition coefficient (Wildman–Crippen LogP) is 1.74. The van der Waals surface area contributed by atoms with Crippen LogP contribution in [0.2, 0.25) is 0 Å². The van der Waals surface area contributed by atoms with E-state index in [4.69, 9.17) is 0 Å². The van der Waals surface area contributed by atoms with Crippen molar-refractivity contribution in [3.63, 3.8) is 0 Å². The Bertz CT molecular complexity index is 437. The highest BCUT2D eigenvalue weighted by atomic mass is 32.2. The van der Waals surface area contributed by atoms with Crippen LogP contribution in [0.3, 0.4) is 0 Å². The van der Waals surface area contributed by atoms with Gasteiger partial charge in [-0.3, -0.25) is 4.79 Å². The lowest BCUT2D eigenvalue weighted by atomic mass is 10.3.